The fourth-order valence-corrected chi connectivity index (χ4v) is 4.18. The second-order valence-electron chi connectivity index (χ2n) is 6.49. The summed E-state index contributed by atoms with van der Waals surface area (Å²) in [4.78, 5) is 0. The Morgan fingerprint density at radius 3 is 2.72 bits per heavy atom. The molecule has 102 valence electrons. The highest BCUT2D eigenvalue weighted by molar-refractivity contribution is 5.30. The SMILES string of the molecule is CCC1CCCC(C2=CC=CC2)(C(C)CC)CC1. The normalized spacial score (nSPS) is 34.2. The average molecular weight is 246 g/mol. The minimum Gasteiger partial charge on any atom is -0.0804 e. The van der Waals surface area contributed by atoms with E-state index in [9.17, 15) is 0 Å². The Bertz CT molecular complexity index is 323. The fraction of sp³-hybridized carbons (Fsp3) is 0.778. The molecule has 1 saturated carbocycles. The van der Waals surface area contributed by atoms with E-state index in [0.29, 0.717) is 5.41 Å². The van der Waals surface area contributed by atoms with Crippen molar-refractivity contribution >= 4 is 0 Å². The van der Waals surface area contributed by atoms with Crippen molar-refractivity contribution in [2.45, 2.75) is 72.1 Å². The molecular weight excluding hydrogens is 216 g/mol. The van der Waals surface area contributed by atoms with Gasteiger partial charge in [0.25, 0.3) is 0 Å². The van der Waals surface area contributed by atoms with Gasteiger partial charge in [-0.25, -0.2) is 0 Å². The van der Waals surface area contributed by atoms with E-state index in [-0.39, 0.29) is 0 Å². The van der Waals surface area contributed by atoms with Crippen molar-refractivity contribution in [2.24, 2.45) is 17.3 Å². The van der Waals surface area contributed by atoms with Gasteiger partial charge in [0.05, 0.1) is 0 Å². The summed E-state index contributed by atoms with van der Waals surface area (Å²) in [5.74, 6) is 1.84. The molecule has 2 aliphatic carbocycles. The van der Waals surface area contributed by atoms with Crippen LogP contribution in [0.2, 0.25) is 0 Å². The van der Waals surface area contributed by atoms with Crippen LogP contribution in [0.15, 0.2) is 23.8 Å². The highest BCUT2D eigenvalue weighted by atomic mass is 14.4. The van der Waals surface area contributed by atoms with Crippen LogP contribution in [0.5, 0.6) is 0 Å². The molecule has 0 bridgehead atoms. The molecule has 2 rings (SSSR count). The zero-order valence-corrected chi connectivity index (χ0v) is 12.5. The molecule has 0 spiro atoms. The summed E-state index contributed by atoms with van der Waals surface area (Å²) in [6.45, 7) is 7.24. The summed E-state index contributed by atoms with van der Waals surface area (Å²) in [7, 11) is 0. The molecule has 0 aromatic heterocycles. The van der Waals surface area contributed by atoms with Crippen LogP contribution in [0.4, 0.5) is 0 Å². The van der Waals surface area contributed by atoms with Crippen LogP contribution >= 0.6 is 0 Å². The second kappa shape index (κ2) is 6.08. The van der Waals surface area contributed by atoms with Crippen molar-refractivity contribution in [1.82, 2.24) is 0 Å². The predicted molar refractivity (Wildman–Crippen MR) is 80.6 cm³/mol. The Morgan fingerprint density at radius 2 is 2.11 bits per heavy atom. The maximum atomic E-state index is 2.49. The zero-order valence-electron chi connectivity index (χ0n) is 12.5. The van der Waals surface area contributed by atoms with Gasteiger partial charge in [0.1, 0.15) is 0 Å². The first-order valence-corrected chi connectivity index (χ1v) is 8.09. The molecule has 0 aromatic carbocycles. The van der Waals surface area contributed by atoms with Crippen molar-refractivity contribution in [3.05, 3.63) is 23.8 Å². The van der Waals surface area contributed by atoms with Crippen molar-refractivity contribution < 1.29 is 0 Å². The van der Waals surface area contributed by atoms with E-state index in [1.807, 2.05) is 0 Å². The van der Waals surface area contributed by atoms with Crippen LogP contribution in [-0.2, 0) is 0 Å². The first-order valence-electron chi connectivity index (χ1n) is 8.09. The fourth-order valence-electron chi connectivity index (χ4n) is 4.18. The van der Waals surface area contributed by atoms with Gasteiger partial charge in [-0.3, -0.25) is 0 Å². The standard InChI is InChI=1S/C18H30/c1-4-15(3)18(17-10-6-7-11-17)13-8-9-16(5-2)12-14-18/h6-7,10,15-16H,4-5,8-9,11-14H2,1-3H3. The van der Waals surface area contributed by atoms with Crippen LogP contribution in [0.25, 0.3) is 0 Å². The van der Waals surface area contributed by atoms with Gasteiger partial charge in [0, 0.05) is 0 Å². The molecular formula is C18H30. The van der Waals surface area contributed by atoms with Crippen molar-refractivity contribution in [3.63, 3.8) is 0 Å². The molecule has 3 atom stereocenters. The van der Waals surface area contributed by atoms with Gasteiger partial charge < -0.3 is 0 Å². The summed E-state index contributed by atoms with van der Waals surface area (Å²) in [5, 5.41) is 0. The average Bonchev–Trinajstić information content (AvgIpc) is 2.85. The largest absolute Gasteiger partial charge is 0.0804 e. The number of hydrogen-bond donors (Lipinski definition) is 0. The van der Waals surface area contributed by atoms with Gasteiger partial charge in [-0.15, -0.1) is 0 Å². The van der Waals surface area contributed by atoms with Crippen LogP contribution in [0, 0.1) is 17.3 Å². The first kappa shape index (κ1) is 13.9. The van der Waals surface area contributed by atoms with Crippen LogP contribution < -0.4 is 0 Å². The van der Waals surface area contributed by atoms with E-state index in [4.69, 9.17) is 0 Å². The third-order valence-electron chi connectivity index (χ3n) is 5.78. The van der Waals surface area contributed by atoms with Crippen LogP contribution in [0.1, 0.15) is 72.1 Å². The Kier molecular flexibility index (Phi) is 4.70. The van der Waals surface area contributed by atoms with Crippen molar-refractivity contribution in [3.8, 4) is 0 Å². The smallest absolute Gasteiger partial charge is 0.00563 e. The Labute approximate surface area is 114 Å². The van der Waals surface area contributed by atoms with Crippen molar-refractivity contribution in [1.29, 1.82) is 0 Å². The maximum Gasteiger partial charge on any atom is -0.00563 e. The van der Waals surface area contributed by atoms with E-state index in [1.54, 1.807) is 5.57 Å². The molecule has 0 N–H and O–H groups in total. The van der Waals surface area contributed by atoms with Gasteiger partial charge in [0.15, 0.2) is 0 Å². The number of rotatable bonds is 4. The molecule has 0 saturated heterocycles. The van der Waals surface area contributed by atoms with E-state index >= 15 is 0 Å². The van der Waals surface area contributed by atoms with Gasteiger partial charge in [-0.2, -0.15) is 0 Å². The van der Waals surface area contributed by atoms with Gasteiger partial charge in [0.2, 0.25) is 0 Å². The summed E-state index contributed by atoms with van der Waals surface area (Å²) in [6.07, 6.45) is 18.2. The monoisotopic (exact) mass is 246 g/mol. The molecule has 0 radical (unpaired) electrons. The van der Waals surface area contributed by atoms with Gasteiger partial charge >= 0.3 is 0 Å². The van der Waals surface area contributed by atoms with E-state index in [2.05, 4.69) is 39.0 Å². The Morgan fingerprint density at radius 1 is 1.28 bits per heavy atom. The van der Waals surface area contributed by atoms with E-state index in [1.165, 1.54) is 51.4 Å². The minimum atomic E-state index is 0.530. The zero-order chi connectivity index (χ0) is 13.0. The lowest BCUT2D eigenvalue weighted by Gasteiger charge is -2.40. The van der Waals surface area contributed by atoms with Crippen LogP contribution in [0.3, 0.4) is 0 Å². The second-order valence-corrected chi connectivity index (χ2v) is 6.49. The lowest BCUT2D eigenvalue weighted by molar-refractivity contribution is 0.184. The van der Waals surface area contributed by atoms with E-state index in [0.717, 1.165) is 11.8 Å². The first-order chi connectivity index (χ1) is 8.73. The molecule has 3 unspecified atom stereocenters. The topological polar surface area (TPSA) is 0 Å². The predicted octanol–water partition coefficient (Wildman–Crippen LogP) is 5.90. The lowest BCUT2D eigenvalue weighted by atomic mass is 9.64. The Hall–Kier alpha value is -0.520. The van der Waals surface area contributed by atoms with Crippen molar-refractivity contribution in [2.75, 3.05) is 0 Å². The molecule has 0 heteroatoms. The van der Waals surface area contributed by atoms with Crippen LogP contribution in [-0.4, -0.2) is 0 Å². The highest BCUT2D eigenvalue weighted by Crippen LogP contribution is 2.51. The summed E-state index contributed by atoms with van der Waals surface area (Å²) in [5.41, 5.74) is 2.27. The quantitative estimate of drug-likeness (QED) is 0.542. The summed E-state index contributed by atoms with van der Waals surface area (Å²) < 4.78 is 0. The number of hydrogen-bond acceptors (Lipinski definition) is 0. The van der Waals surface area contributed by atoms with E-state index < -0.39 is 0 Å². The minimum absolute atomic E-state index is 0.530. The third-order valence-corrected chi connectivity index (χ3v) is 5.78. The molecule has 0 aliphatic heterocycles. The molecule has 0 amide bonds. The molecule has 2 aliphatic rings. The number of allylic oxidation sites excluding steroid dienone is 4. The molecule has 0 aromatic rings. The molecule has 0 nitrogen and oxygen atoms in total. The summed E-state index contributed by atoms with van der Waals surface area (Å²) in [6, 6.07) is 0. The molecule has 1 fully saturated rings. The van der Waals surface area contributed by atoms with Gasteiger partial charge in [-0.05, 0) is 42.9 Å². The molecule has 18 heavy (non-hydrogen) atoms. The Balaban J connectivity index is 2.19. The van der Waals surface area contributed by atoms with Gasteiger partial charge in [-0.1, -0.05) is 70.3 Å². The maximum absolute atomic E-state index is 2.49. The summed E-state index contributed by atoms with van der Waals surface area (Å²) >= 11 is 0. The molecule has 0 heterocycles. The highest BCUT2D eigenvalue weighted by Gasteiger charge is 2.39. The lowest BCUT2D eigenvalue weighted by Crippen LogP contribution is -2.30. The third kappa shape index (κ3) is 2.58.